The summed E-state index contributed by atoms with van der Waals surface area (Å²) in [5.41, 5.74) is 0.835. The minimum atomic E-state index is -0.949. The van der Waals surface area contributed by atoms with E-state index in [2.05, 4.69) is 6.58 Å². The molecule has 0 radical (unpaired) electrons. The number of esters is 2. The molecule has 0 aliphatic carbocycles. The molecule has 0 aliphatic heterocycles. The first kappa shape index (κ1) is 20.4. The first-order valence-corrected chi connectivity index (χ1v) is 7.85. The Kier molecular flexibility index (Phi) is 7.39. The highest BCUT2D eigenvalue weighted by Gasteiger charge is 2.32. The summed E-state index contributed by atoms with van der Waals surface area (Å²) in [6.07, 6.45) is 0.843. The van der Waals surface area contributed by atoms with Crippen molar-refractivity contribution in [2.45, 2.75) is 26.2 Å². The molecule has 0 spiro atoms. The Hall–Kier alpha value is -2.60. The maximum atomic E-state index is 12.4. The van der Waals surface area contributed by atoms with Crippen molar-refractivity contribution in [3.63, 3.8) is 0 Å². The molecule has 0 bridgehead atoms. The summed E-state index contributed by atoms with van der Waals surface area (Å²) in [5.74, 6) is -1.10. The molecule has 136 valence electrons. The summed E-state index contributed by atoms with van der Waals surface area (Å²) >= 11 is 0. The average molecular weight is 348 g/mol. The lowest BCUT2D eigenvalue weighted by Crippen LogP contribution is -2.32. The Morgan fingerprint density at radius 3 is 2.28 bits per heavy atom. The van der Waals surface area contributed by atoms with Gasteiger partial charge in [-0.2, -0.15) is 0 Å². The number of benzene rings is 1. The molecule has 0 fully saturated rings. The van der Waals surface area contributed by atoms with Gasteiger partial charge in [-0.05, 0) is 31.9 Å². The van der Waals surface area contributed by atoms with Crippen LogP contribution < -0.4 is 0 Å². The molecule has 1 rings (SSSR count). The van der Waals surface area contributed by atoms with Crippen molar-refractivity contribution in [2.75, 3.05) is 19.8 Å². The third kappa shape index (κ3) is 5.19. The minimum absolute atomic E-state index is 0.0713. The molecule has 0 unspecified atom stereocenters. The fourth-order valence-corrected chi connectivity index (χ4v) is 2.05. The molecule has 0 aliphatic rings. The first-order valence-electron chi connectivity index (χ1n) is 7.85. The molecule has 0 saturated carbocycles. The Morgan fingerprint density at radius 2 is 1.80 bits per heavy atom. The molecule has 2 N–H and O–H groups in total. The fourth-order valence-electron chi connectivity index (χ4n) is 2.05. The van der Waals surface area contributed by atoms with Crippen LogP contribution in [0, 0.1) is 0 Å². The fraction of sp³-hybridized carbons (Fsp3) is 0.368. The number of carbonyl (C=O) groups is 2. The summed E-state index contributed by atoms with van der Waals surface area (Å²) in [4.78, 5) is 23.8. The summed E-state index contributed by atoms with van der Waals surface area (Å²) in [6, 6.07) is 6.83. The number of aliphatic hydroxyl groups is 2. The molecule has 25 heavy (non-hydrogen) atoms. The van der Waals surface area contributed by atoms with Gasteiger partial charge < -0.3 is 19.7 Å². The third-order valence-corrected chi connectivity index (χ3v) is 3.76. The van der Waals surface area contributed by atoms with Crippen molar-refractivity contribution >= 4 is 17.5 Å². The van der Waals surface area contributed by atoms with E-state index in [1.54, 1.807) is 45.0 Å². The van der Waals surface area contributed by atoms with E-state index in [-0.39, 0.29) is 25.4 Å². The van der Waals surface area contributed by atoms with Crippen LogP contribution in [0.5, 0.6) is 0 Å². The zero-order valence-electron chi connectivity index (χ0n) is 14.7. The second kappa shape index (κ2) is 9.03. The molecule has 6 nitrogen and oxygen atoms in total. The van der Waals surface area contributed by atoms with Crippen LogP contribution in [-0.4, -0.2) is 42.0 Å². The van der Waals surface area contributed by atoms with Crippen molar-refractivity contribution in [3.8, 4) is 0 Å². The Morgan fingerprint density at radius 1 is 1.20 bits per heavy atom. The largest absolute Gasteiger partial charge is 0.515 e. The van der Waals surface area contributed by atoms with Crippen molar-refractivity contribution < 1.29 is 29.3 Å². The molecule has 0 heterocycles. The molecular weight excluding hydrogens is 324 g/mol. The molecule has 6 heteroatoms. The van der Waals surface area contributed by atoms with E-state index >= 15 is 0 Å². The monoisotopic (exact) mass is 348 g/mol. The van der Waals surface area contributed by atoms with Gasteiger partial charge >= 0.3 is 11.9 Å². The topological polar surface area (TPSA) is 93.1 Å². The van der Waals surface area contributed by atoms with E-state index in [1.807, 2.05) is 0 Å². The van der Waals surface area contributed by atoms with Crippen molar-refractivity contribution in [3.05, 3.63) is 53.8 Å². The molecule has 1 aromatic rings. The lowest BCUT2D eigenvalue weighted by atomic mass is 9.84. The van der Waals surface area contributed by atoms with Gasteiger partial charge in [0.2, 0.25) is 0 Å². The Bertz CT molecular complexity index is 655. The van der Waals surface area contributed by atoms with Gasteiger partial charge in [0.25, 0.3) is 0 Å². The first-order chi connectivity index (χ1) is 11.8. The van der Waals surface area contributed by atoms with Crippen LogP contribution in [0.1, 0.15) is 31.9 Å². The Labute approximate surface area is 147 Å². The summed E-state index contributed by atoms with van der Waals surface area (Å²) in [5, 5.41) is 18.2. The van der Waals surface area contributed by atoms with E-state index in [4.69, 9.17) is 19.7 Å². The summed E-state index contributed by atoms with van der Waals surface area (Å²) in [7, 11) is 0. The number of carbonyl (C=O) groups excluding carboxylic acids is 2. The van der Waals surface area contributed by atoms with Gasteiger partial charge in [-0.1, -0.05) is 30.8 Å². The van der Waals surface area contributed by atoms with Crippen LogP contribution in [-0.2, 0) is 24.5 Å². The summed E-state index contributed by atoms with van der Waals surface area (Å²) < 4.78 is 9.97. The normalized spacial score (nSPS) is 11.8. The SMILES string of the molecule is C=C(COC(=O)C(C)(C)c1ccc(/C(=C/O)CO)cc1)C(=O)OCC. The van der Waals surface area contributed by atoms with Crippen LogP contribution in [0.2, 0.25) is 0 Å². The third-order valence-electron chi connectivity index (χ3n) is 3.76. The lowest BCUT2D eigenvalue weighted by Gasteiger charge is -2.23. The second-order valence-corrected chi connectivity index (χ2v) is 5.91. The van der Waals surface area contributed by atoms with Gasteiger partial charge in [0.1, 0.15) is 6.61 Å². The number of ether oxygens (including phenoxy) is 2. The Balaban J connectivity index is 2.81. The smallest absolute Gasteiger partial charge is 0.336 e. The number of aliphatic hydroxyl groups excluding tert-OH is 2. The van der Waals surface area contributed by atoms with Crippen LogP contribution >= 0.6 is 0 Å². The second-order valence-electron chi connectivity index (χ2n) is 5.91. The van der Waals surface area contributed by atoms with E-state index in [1.165, 1.54) is 0 Å². The summed E-state index contributed by atoms with van der Waals surface area (Å²) in [6.45, 7) is 8.32. The molecule has 0 atom stereocenters. The maximum Gasteiger partial charge on any atom is 0.336 e. The highest BCUT2D eigenvalue weighted by molar-refractivity contribution is 5.89. The number of hydrogen-bond acceptors (Lipinski definition) is 6. The van der Waals surface area contributed by atoms with Crippen molar-refractivity contribution in [1.82, 2.24) is 0 Å². The van der Waals surface area contributed by atoms with E-state index in [0.717, 1.165) is 6.26 Å². The van der Waals surface area contributed by atoms with E-state index < -0.39 is 17.4 Å². The highest BCUT2D eigenvalue weighted by Crippen LogP contribution is 2.26. The highest BCUT2D eigenvalue weighted by atomic mass is 16.5. The predicted molar refractivity (Wildman–Crippen MR) is 93.9 cm³/mol. The minimum Gasteiger partial charge on any atom is -0.515 e. The molecule has 0 saturated heterocycles. The van der Waals surface area contributed by atoms with Crippen LogP contribution in [0.4, 0.5) is 0 Å². The molecular formula is C19H24O6. The van der Waals surface area contributed by atoms with Gasteiger partial charge in [-0.25, -0.2) is 4.79 Å². The van der Waals surface area contributed by atoms with Gasteiger partial charge in [0.05, 0.1) is 30.5 Å². The van der Waals surface area contributed by atoms with E-state index in [9.17, 15) is 9.59 Å². The number of rotatable bonds is 8. The number of hydrogen-bond donors (Lipinski definition) is 2. The predicted octanol–water partition coefficient (Wildman–Crippen LogP) is 2.52. The lowest BCUT2D eigenvalue weighted by molar-refractivity contribution is -0.149. The van der Waals surface area contributed by atoms with Crippen molar-refractivity contribution in [1.29, 1.82) is 0 Å². The average Bonchev–Trinajstić information content (AvgIpc) is 2.61. The van der Waals surface area contributed by atoms with Gasteiger partial charge in [-0.3, -0.25) is 4.79 Å². The van der Waals surface area contributed by atoms with Gasteiger partial charge in [-0.15, -0.1) is 0 Å². The standard InChI is InChI=1S/C19H24O6/c1-5-24-17(22)13(2)12-25-18(23)19(3,4)16-8-6-14(7-9-16)15(10-20)11-21/h6-10,20-21H,2,5,11-12H2,1,3-4H3/b15-10+. The van der Waals surface area contributed by atoms with E-state index in [0.29, 0.717) is 16.7 Å². The van der Waals surface area contributed by atoms with Gasteiger partial charge in [0, 0.05) is 5.57 Å². The maximum absolute atomic E-state index is 12.4. The quantitative estimate of drug-likeness (QED) is 0.426. The van der Waals surface area contributed by atoms with Gasteiger partial charge in [0.15, 0.2) is 0 Å². The molecule has 0 aromatic heterocycles. The zero-order chi connectivity index (χ0) is 19.0. The van der Waals surface area contributed by atoms with Crippen LogP contribution in [0.15, 0.2) is 42.7 Å². The van der Waals surface area contributed by atoms with Crippen LogP contribution in [0.3, 0.4) is 0 Å². The molecule has 0 amide bonds. The van der Waals surface area contributed by atoms with Crippen LogP contribution in [0.25, 0.3) is 5.57 Å². The molecule has 1 aromatic carbocycles. The van der Waals surface area contributed by atoms with Crippen molar-refractivity contribution in [2.24, 2.45) is 0 Å². The zero-order valence-corrected chi connectivity index (χ0v) is 14.7.